The van der Waals surface area contributed by atoms with Gasteiger partial charge in [0.25, 0.3) is 5.78 Å². The number of carbonyl (C=O) groups excluding carboxylic acids is 1. The highest BCUT2D eigenvalue weighted by Gasteiger charge is 2.21. The molecule has 0 aliphatic heterocycles. The van der Waals surface area contributed by atoms with Crippen molar-refractivity contribution in [3.05, 3.63) is 52.3 Å². The Balaban J connectivity index is 1.56. The molecule has 5 nitrogen and oxygen atoms in total. The third-order valence-corrected chi connectivity index (χ3v) is 5.58. The third-order valence-electron chi connectivity index (χ3n) is 4.63. The number of carbonyl (C=O) groups is 1. The minimum atomic E-state index is -0.238. The van der Waals surface area contributed by atoms with Gasteiger partial charge >= 0.3 is 0 Å². The predicted octanol–water partition coefficient (Wildman–Crippen LogP) is 3.59. The van der Waals surface area contributed by atoms with Crippen molar-refractivity contribution in [2.45, 2.75) is 50.4 Å². The highest BCUT2D eigenvalue weighted by Crippen LogP contribution is 2.27. The summed E-state index contributed by atoms with van der Waals surface area (Å²) in [5, 5.41) is 4.83. The van der Waals surface area contributed by atoms with Crippen LogP contribution in [0, 0.1) is 13.8 Å². The predicted molar refractivity (Wildman–Crippen MR) is 98.4 cm³/mol. The van der Waals surface area contributed by atoms with E-state index in [4.69, 9.17) is 0 Å². The van der Waals surface area contributed by atoms with Crippen LogP contribution in [0.2, 0.25) is 0 Å². The summed E-state index contributed by atoms with van der Waals surface area (Å²) in [6, 6.07) is 8.09. The molecule has 128 valence electrons. The van der Waals surface area contributed by atoms with E-state index in [2.05, 4.69) is 27.2 Å². The molecule has 0 saturated heterocycles. The number of aromatic nitrogens is 4. The van der Waals surface area contributed by atoms with Gasteiger partial charge in [-0.1, -0.05) is 23.9 Å². The molecule has 25 heavy (non-hydrogen) atoms. The third kappa shape index (κ3) is 3.06. The molecule has 1 aliphatic rings. The number of fused-ring (bicyclic) bond motifs is 2. The molecule has 0 radical (unpaired) electrons. The highest BCUT2D eigenvalue weighted by molar-refractivity contribution is 8.00. The summed E-state index contributed by atoms with van der Waals surface area (Å²) in [7, 11) is 0. The van der Waals surface area contributed by atoms with E-state index in [1.807, 2.05) is 32.9 Å². The second-order valence-corrected chi connectivity index (χ2v) is 7.91. The van der Waals surface area contributed by atoms with Crippen LogP contribution in [-0.2, 0) is 12.8 Å². The summed E-state index contributed by atoms with van der Waals surface area (Å²) in [6.07, 6.45) is 3.40. The van der Waals surface area contributed by atoms with Crippen LogP contribution in [0.15, 0.2) is 29.4 Å². The maximum atomic E-state index is 12.8. The maximum absolute atomic E-state index is 12.8. The summed E-state index contributed by atoms with van der Waals surface area (Å²) < 4.78 is 1.72. The average Bonchev–Trinajstić information content (AvgIpc) is 3.19. The Labute approximate surface area is 150 Å². The number of hydrogen-bond donors (Lipinski definition) is 0. The Morgan fingerprint density at radius 1 is 1.16 bits per heavy atom. The summed E-state index contributed by atoms with van der Waals surface area (Å²) >= 11 is 1.39. The minimum Gasteiger partial charge on any atom is -0.293 e. The molecule has 6 heteroatoms. The van der Waals surface area contributed by atoms with Crippen LogP contribution in [0.3, 0.4) is 0 Å². The Kier molecular flexibility index (Phi) is 4.07. The largest absolute Gasteiger partial charge is 0.293 e. The molecule has 0 N–H and O–H groups in total. The first-order valence-electron chi connectivity index (χ1n) is 8.55. The lowest BCUT2D eigenvalue weighted by Crippen LogP contribution is -2.14. The van der Waals surface area contributed by atoms with Gasteiger partial charge in [-0.3, -0.25) is 4.79 Å². The summed E-state index contributed by atoms with van der Waals surface area (Å²) in [5.74, 6) is 0.705. The van der Waals surface area contributed by atoms with E-state index < -0.39 is 0 Å². The van der Waals surface area contributed by atoms with E-state index in [-0.39, 0.29) is 11.0 Å². The highest BCUT2D eigenvalue weighted by atomic mass is 32.2. The van der Waals surface area contributed by atoms with Crippen molar-refractivity contribution in [1.82, 2.24) is 19.6 Å². The van der Waals surface area contributed by atoms with Crippen molar-refractivity contribution in [3.8, 4) is 0 Å². The van der Waals surface area contributed by atoms with Gasteiger partial charge in [-0.15, -0.1) is 5.10 Å². The van der Waals surface area contributed by atoms with Crippen LogP contribution in [0.1, 0.15) is 46.2 Å². The molecule has 3 aromatic rings. The van der Waals surface area contributed by atoms with Crippen LogP contribution in [-0.4, -0.2) is 30.6 Å². The SMILES string of the molecule is Cc1cc(C)n2nc(SC(C)C(=O)c3ccc4c(c3)CCC4)nc2n1. The van der Waals surface area contributed by atoms with Gasteiger partial charge < -0.3 is 0 Å². The van der Waals surface area contributed by atoms with E-state index in [1.165, 1.54) is 29.3 Å². The van der Waals surface area contributed by atoms with Gasteiger partial charge in [-0.25, -0.2) is 9.50 Å². The van der Waals surface area contributed by atoms with E-state index in [9.17, 15) is 4.79 Å². The fourth-order valence-corrected chi connectivity index (χ4v) is 4.19. The molecule has 0 bridgehead atoms. The number of nitrogens with zero attached hydrogens (tertiary/aromatic N) is 4. The first-order chi connectivity index (χ1) is 12.0. The van der Waals surface area contributed by atoms with Crippen LogP contribution < -0.4 is 0 Å². The number of ketones is 1. The zero-order valence-electron chi connectivity index (χ0n) is 14.6. The van der Waals surface area contributed by atoms with Crippen molar-refractivity contribution < 1.29 is 4.79 Å². The van der Waals surface area contributed by atoms with Gasteiger partial charge in [0.1, 0.15) is 0 Å². The smallest absolute Gasteiger partial charge is 0.253 e. The summed E-state index contributed by atoms with van der Waals surface area (Å²) in [6.45, 7) is 5.83. The van der Waals surface area contributed by atoms with Gasteiger partial charge in [0.05, 0.1) is 5.25 Å². The molecular formula is C19H20N4OS. The van der Waals surface area contributed by atoms with Crippen LogP contribution in [0.25, 0.3) is 5.78 Å². The number of thioether (sulfide) groups is 1. The molecule has 1 atom stereocenters. The topological polar surface area (TPSA) is 60.2 Å². The van der Waals surface area contributed by atoms with Crippen molar-refractivity contribution in [2.24, 2.45) is 0 Å². The summed E-state index contributed by atoms with van der Waals surface area (Å²) in [5.41, 5.74) is 5.39. The van der Waals surface area contributed by atoms with Crippen molar-refractivity contribution in [3.63, 3.8) is 0 Å². The standard InChI is InChI=1S/C19H20N4OS/c1-11-9-12(2)23-18(20-11)21-19(22-23)25-13(3)17(24)16-8-7-14-5-4-6-15(14)10-16/h7-10,13H,4-6H2,1-3H3. The average molecular weight is 352 g/mol. The Hall–Kier alpha value is -2.21. The molecule has 0 fully saturated rings. The zero-order valence-corrected chi connectivity index (χ0v) is 15.4. The van der Waals surface area contributed by atoms with E-state index >= 15 is 0 Å². The lowest BCUT2D eigenvalue weighted by molar-refractivity contribution is 0.0994. The van der Waals surface area contributed by atoms with Crippen molar-refractivity contribution >= 4 is 23.3 Å². The van der Waals surface area contributed by atoms with Gasteiger partial charge in [-0.05, 0) is 63.3 Å². The number of hydrogen-bond acceptors (Lipinski definition) is 5. The lowest BCUT2D eigenvalue weighted by Gasteiger charge is -2.09. The maximum Gasteiger partial charge on any atom is 0.253 e. The Morgan fingerprint density at radius 2 is 1.96 bits per heavy atom. The monoisotopic (exact) mass is 352 g/mol. The van der Waals surface area contributed by atoms with Crippen LogP contribution in [0.5, 0.6) is 0 Å². The second-order valence-electron chi connectivity index (χ2n) is 6.61. The number of aryl methyl sites for hydroxylation is 4. The molecule has 0 saturated carbocycles. The van der Waals surface area contributed by atoms with E-state index in [1.54, 1.807) is 4.52 Å². The number of rotatable bonds is 4. The molecule has 0 spiro atoms. The first-order valence-corrected chi connectivity index (χ1v) is 9.43. The molecule has 2 heterocycles. The Bertz CT molecular complexity index is 979. The van der Waals surface area contributed by atoms with E-state index in [0.29, 0.717) is 10.9 Å². The fraction of sp³-hybridized carbons (Fsp3) is 0.368. The summed E-state index contributed by atoms with van der Waals surface area (Å²) in [4.78, 5) is 21.6. The molecule has 4 rings (SSSR count). The van der Waals surface area contributed by atoms with Gasteiger partial charge in [0.15, 0.2) is 5.78 Å². The molecule has 1 aromatic carbocycles. The quantitative estimate of drug-likeness (QED) is 0.530. The minimum absolute atomic E-state index is 0.124. The molecule has 1 unspecified atom stereocenters. The second kappa shape index (κ2) is 6.26. The van der Waals surface area contributed by atoms with Crippen molar-refractivity contribution in [2.75, 3.05) is 0 Å². The van der Waals surface area contributed by atoms with Gasteiger partial charge in [0.2, 0.25) is 5.16 Å². The van der Waals surface area contributed by atoms with Gasteiger partial charge in [0, 0.05) is 17.0 Å². The van der Waals surface area contributed by atoms with E-state index in [0.717, 1.165) is 29.8 Å². The van der Waals surface area contributed by atoms with Gasteiger partial charge in [-0.2, -0.15) is 4.98 Å². The zero-order chi connectivity index (χ0) is 17.6. The molecule has 0 amide bonds. The van der Waals surface area contributed by atoms with Crippen LogP contribution in [0.4, 0.5) is 0 Å². The number of benzene rings is 1. The molecule has 2 aromatic heterocycles. The molecule has 1 aliphatic carbocycles. The lowest BCUT2D eigenvalue weighted by atomic mass is 10.0. The first kappa shape index (κ1) is 16.3. The van der Waals surface area contributed by atoms with Crippen molar-refractivity contribution in [1.29, 1.82) is 0 Å². The fourth-order valence-electron chi connectivity index (χ4n) is 3.37. The normalized spacial score (nSPS) is 14.7. The molecular weight excluding hydrogens is 332 g/mol. The van der Waals surface area contributed by atoms with Crippen LogP contribution >= 0.6 is 11.8 Å². The number of Topliss-reactive ketones (excluding diaryl/α,β-unsaturated/α-hetero) is 1. The Morgan fingerprint density at radius 3 is 2.80 bits per heavy atom.